The molecule has 28 heavy (non-hydrogen) atoms. The predicted octanol–water partition coefficient (Wildman–Crippen LogP) is 2.87. The number of likely N-dealkylation sites (tertiary alicyclic amines) is 1. The van der Waals surface area contributed by atoms with Crippen molar-refractivity contribution in [3.05, 3.63) is 29.3 Å². The van der Waals surface area contributed by atoms with Gasteiger partial charge in [0.2, 0.25) is 11.8 Å². The van der Waals surface area contributed by atoms with E-state index in [4.69, 9.17) is 0 Å². The van der Waals surface area contributed by atoms with Crippen LogP contribution in [0.25, 0.3) is 0 Å². The predicted molar refractivity (Wildman–Crippen MR) is 107 cm³/mol. The monoisotopic (exact) mass is 383 g/mol. The van der Waals surface area contributed by atoms with Crippen molar-refractivity contribution in [1.82, 2.24) is 10.2 Å². The molecule has 3 aliphatic rings. The number of fused-ring (bicyclic) bond motifs is 1. The third-order valence-corrected chi connectivity index (χ3v) is 6.44. The summed E-state index contributed by atoms with van der Waals surface area (Å²) in [4.78, 5) is 39.0. The molecule has 0 aromatic heterocycles. The molecule has 1 saturated heterocycles. The van der Waals surface area contributed by atoms with Gasteiger partial charge in [0.25, 0.3) is 5.91 Å². The fourth-order valence-electron chi connectivity index (χ4n) is 4.85. The topological polar surface area (TPSA) is 78.5 Å². The maximum atomic E-state index is 12.9. The van der Waals surface area contributed by atoms with Crippen LogP contribution in [-0.4, -0.2) is 41.2 Å². The Labute approximate surface area is 166 Å². The fraction of sp³-hybridized carbons (Fsp3) is 0.591. The van der Waals surface area contributed by atoms with Crippen LogP contribution in [0.1, 0.15) is 67.8 Å². The van der Waals surface area contributed by atoms with Gasteiger partial charge >= 0.3 is 0 Å². The molecule has 150 valence electrons. The molecule has 6 nitrogen and oxygen atoms in total. The zero-order valence-electron chi connectivity index (χ0n) is 16.5. The number of nitrogens with one attached hydrogen (secondary N) is 2. The van der Waals surface area contributed by atoms with Gasteiger partial charge in [-0.2, -0.15) is 0 Å². The molecule has 0 bridgehead atoms. The zero-order valence-corrected chi connectivity index (χ0v) is 16.5. The Hall–Kier alpha value is -2.37. The van der Waals surface area contributed by atoms with Crippen LogP contribution in [0, 0.1) is 5.92 Å². The molecule has 2 N–H and O–H groups in total. The molecule has 1 aliphatic carbocycles. The van der Waals surface area contributed by atoms with Gasteiger partial charge in [0.15, 0.2) is 0 Å². The molecule has 3 amide bonds. The van der Waals surface area contributed by atoms with Crippen molar-refractivity contribution in [2.24, 2.45) is 5.92 Å². The van der Waals surface area contributed by atoms with Crippen LogP contribution in [0.2, 0.25) is 0 Å². The van der Waals surface area contributed by atoms with E-state index >= 15 is 0 Å². The van der Waals surface area contributed by atoms with Gasteiger partial charge in [-0.3, -0.25) is 14.4 Å². The Balaban J connectivity index is 1.33. The zero-order chi connectivity index (χ0) is 19.7. The number of amides is 3. The molecule has 2 aliphatic heterocycles. The van der Waals surface area contributed by atoms with E-state index in [-0.39, 0.29) is 29.8 Å². The van der Waals surface area contributed by atoms with E-state index in [1.807, 2.05) is 4.90 Å². The number of carbonyl (C=O) groups excluding carboxylic acids is 3. The summed E-state index contributed by atoms with van der Waals surface area (Å²) in [6.07, 6.45) is 7.54. The fourth-order valence-corrected chi connectivity index (χ4v) is 4.85. The van der Waals surface area contributed by atoms with E-state index in [0.29, 0.717) is 24.4 Å². The quantitative estimate of drug-likeness (QED) is 0.842. The molecule has 1 aromatic carbocycles. The second-order valence-electron chi connectivity index (χ2n) is 8.51. The van der Waals surface area contributed by atoms with E-state index in [9.17, 15) is 14.4 Å². The highest BCUT2D eigenvalue weighted by Crippen LogP contribution is 2.29. The number of hydrogen-bond donors (Lipinski definition) is 2. The van der Waals surface area contributed by atoms with Gasteiger partial charge in [-0.25, -0.2) is 0 Å². The number of rotatable bonds is 3. The molecule has 0 radical (unpaired) electrons. The van der Waals surface area contributed by atoms with Crippen LogP contribution in [0.15, 0.2) is 18.2 Å². The average Bonchev–Trinajstić information content (AvgIpc) is 3.07. The minimum absolute atomic E-state index is 0.0311. The number of hydrogen-bond acceptors (Lipinski definition) is 3. The highest BCUT2D eigenvalue weighted by atomic mass is 16.2. The first-order valence-electron chi connectivity index (χ1n) is 10.6. The largest absolute Gasteiger partial charge is 0.349 e. The van der Waals surface area contributed by atoms with Gasteiger partial charge < -0.3 is 15.5 Å². The van der Waals surface area contributed by atoms with E-state index in [0.717, 1.165) is 36.9 Å². The van der Waals surface area contributed by atoms with Gasteiger partial charge in [0.05, 0.1) is 6.42 Å². The van der Waals surface area contributed by atoms with E-state index in [1.165, 1.54) is 19.3 Å². The molecule has 1 saturated carbocycles. The Morgan fingerprint density at radius 2 is 1.93 bits per heavy atom. The Bertz CT molecular complexity index is 785. The summed E-state index contributed by atoms with van der Waals surface area (Å²) < 4.78 is 0. The smallest absolute Gasteiger partial charge is 0.251 e. The van der Waals surface area contributed by atoms with Crippen LogP contribution in [0.3, 0.4) is 0 Å². The lowest BCUT2D eigenvalue weighted by atomic mass is 9.87. The van der Waals surface area contributed by atoms with Gasteiger partial charge in [-0.1, -0.05) is 19.3 Å². The van der Waals surface area contributed by atoms with Crippen molar-refractivity contribution in [3.63, 3.8) is 0 Å². The lowest BCUT2D eigenvalue weighted by Gasteiger charge is -2.40. The molecule has 2 fully saturated rings. The van der Waals surface area contributed by atoms with Gasteiger partial charge in [-0.15, -0.1) is 0 Å². The molecule has 4 rings (SSSR count). The van der Waals surface area contributed by atoms with Crippen LogP contribution < -0.4 is 10.6 Å². The minimum Gasteiger partial charge on any atom is -0.349 e. The lowest BCUT2D eigenvalue weighted by Crippen LogP contribution is -2.52. The molecule has 1 aromatic rings. The summed E-state index contributed by atoms with van der Waals surface area (Å²) in [6, 6.07) is 5.57. The number of anilines is 1. The van der Waals surface area contributed by atoms with Gasteiger partial charge in [0, 0.05) is 35.8 Å². The highest BCUT2D eigenvalue weighted by molar-refractivity contribution is 6.01. The van der Waals surface area contributed by atoms with Crippen LogP contribution in [-0.2, 0) is 16.0 Å². The molecule has 2 heterocycles. The first-order chi connectivity index (χ1) is 13.5. The normalized spacial score (nSPS) is 25.2. The summed E-state index contributed by atoms with van der Waals surface area (Å²) in [5, 5.41) is 5.91. The van der Waals surface area contributed by atoms with E-state index < -0.39 is 0 Å². The lowest BCUT2D eigenvalue weighted by molar-refractivity contribution is -0.140. The first kappa shape index (κ1) is 19.0. The summed E-state index contributed by atoms with van der Waals surface area (Å²) in [6.45, 7) is 2.80. The molecule has 0 spiro atoms. The van der Waals surface area contributed by atoms with Crippen molar-refractivity contribution in [3.8, 4) is 0 Å². The SMILES string of the molecule is C[C@H]1C[C@@H](NC(=O)c2ccc3c(c2)CC(=O)N3)CCN1C(=O)C1CCCCC1. The Morgan fingerprint density at radius 3 is 2.68 bits per heavy atom. The van der Waals surface area contributed by atoms with Crippen molar-refractivity contribution < 1.29 is 14.4 Å². The number of piperidine rings is 1. The van der Waals surface area contributed by atoms with Crippen molar-refractivity contribution in [2.75, 3.05) is 11.9 Å². The molecule has 0 unspecified atom stereocenters. The number of carbonyl (C=O) groups is 3. The second-order valence-corrected chi connectivity index (χ2v) is 8.51. The van der Waals surface area contributed by atoms with E-state index in [1.54, 1.807) is 18.2 Å². The first-order valence-corrected chi connectivity index (χ1v) is 10.6. The average molecular weight is 383 g/mol. The molecule has 6 heteroatoms. The summed E-state index contributed by atoms with van der Waals surface area (Å²) in [5.74, 6) is 0.376. The van der Waals surface area contributed by atoms with Crippen molar-refractivity contribution in [2.45, 2.75) is 70.4 Å². The highest BCUT2D eigenvalue weighted by Gasteiger charge is 2.33. The number of nitrogens with zero attached hydrogens (tertiary/aromatic N) is 1. The van der Waals surface area contributed by atoms with Crippen molar-refractivity contribution in [1.29, 1.82) is 0 Å². The Morgan fingerprint density at radius 1 is 1.14 bits per heavy atom. The third-order valence-electron chi connectivity index (χ3n) is 6.44. The standard InChI is InChI=1S/C22H29N3O3/c1-14-11-18(9-10-25(14)22(28)15-5-3-2-4-6-15)23-21(27)16-7-8-19-17(12-16)13-20(26)24-19/h7-8,12,14-15,18H,2-6,9-11,13H2,1H3,(H,23,27)(H,24,26)/t14-,18-/m0/s1. The molecular weight excluding hydrogens is 354 g/mol. The maximum Gasteiger partial charge on any atom is 0.251 e. The second kappa shape index (κ2) is 7.94. The summed E-state index contributed by atoms with van der Waals surface area (Å²) >= 11 is 0. The Kier molecular flexibility index (Phi) is 5.38. The molecular formula is C22H29N3O3. The van der Waals surface area contributed by atoms with Crippen LogP contribution in [0.4, 0.5) is 5.69 Å². The minimum atomic E-state index is -0.105. The molecule has 2 atom stereocenters. The third kappa shape index (κ3) is 3.91. The van der Waals surface area contributed by atoms with Crippen LogP contribution >= 0.6 is 0 Å². The van der Waals surface area contributed by atoms with Gasteiger partial charge in [-0.05, 0) is 56.4 Å². The maximum absolute atomic E-state index is 12.9. The van der Waals surface area contributed by atoms with E-state index in [2.05, 4.69) is 17.6 Å². The van der Waals surface area contributed by atoms with Crippen LogP contribution in [0.5, 0.6) is 0 Å². The number of benzene rings is 1. The summed E-state index contributed by atoms with van der Waals surface area (Å²) in [7, 11) is 0. The summed E-state index contributed by atoms with van der Waals surface area (Å²) in [5.41, 5.74) is 2.26. The van der Waals surface area contributed by atoms with Gasteiger partial charge in [0.1, 0.15) is 0 Å². The van der Waals surface area contributed by atoms with Crippen molar-refractivity contribution >= 4 is 23.4 Å².